The van der Waals surface area contributed by atoms with Crippen LogP contribution in [0, 0.1) is 11.8 Å². The maximum absolute atomic E-state index is 2.51. The lowest BCUT2D eigenvalue weighted by atomic mass is 9.84. The van der Waals surface area contributed by atoms with Crippen molar-refractivity contribution in [3.63, 3.8) is 0 Å². The molecule has 2 nitrogen and oxygen atoms in total. The van der Waals surface area contributed by atoms with Gasteiger partial charge < -0.3 is 9.38 Å². The van der Waals surface area contributed by atoms with E-state index < -0.39 is 0 Å². The molecular formula is C10H21N2+. The van der Waals surface area contributed by atoms with Crippen LogP contribution in [0.3, 0.4) is 0 Å². The van der Waals surface area contributed by atoms with Crippen molar-refractivity contribution in [1.82, 2.24) is 4.90 Å². The second-order valence-electron chi connectivity index (χ2n) is 5.49. The topological polar surface area (TPSA) is 3.24 Å². The van der Waals surface area contributed by atoms with Crippen LogP contribution in [0.2, 0.25) is 0 Å². The average molecular weight is 169 g/mol. The zero-order valence-electron chi connectivity index (χ0n) is 8.58. The molecule has 70 valence electrons. The number of hydrogen-bond acceptors (Lipinski definition) is 1. The van der Waals surface area contributed by atoms with Gasteiger partial charge in [-0.25, -0.2) is 0 Å². The Labute approximate surface area is 75.7 Å². The Bertz CT molecular complexity index is 157. The number of rotatable bonds is 0. The van der Waals surface area contributed by atoms with E-state index in [9.17, 15) is 0 Å². The molecule has 0 aromatic carbocycles. The summed E-state index contributed by atoms with van der Waals surface area (Å²) in [5.74, 6) is 1.94. The summed E-state index contributed by atoms with van der Waals surface area (Å²) in [5.41, 5.74) is 0. The van der Waals surface area contributed by atoms with E-state index in [2.05, 4.69) is 26.0 Å². The van der Waals surface area contributed by atoms with E-state index in [1.165, 1.54) is 37.1 Å². The summed E-state index contributed by atoms with van der Waals surface area (Å²) in [6.07, 6.45) is 1.49. The van der Waals surface area contributed by atoms with Gasteiger partial charge in [-0.2, -0.15) is 0 Å². The molecule has 0 aromatic rings. The van der Waals surface area contributed by atoms with Gasteiger partial charge in [0.25, 0.3) is 0 Å². The number of hydrogen-bond donors (Lipinski definition) is 0. The van der Waals surface area contributed by atoms with Crippen LogP contribution in [0.15, 0.2) is 0 Å². The minimum atomic E-state index is 0.970. The molecule has 0 amide bonds. The largest absolute Gasteiger partial charge is 0.328 e. The van der Waals surface area contributed by atoms with Gasteiger partial charge in [-0.15, -0.1) is 0 Å². The first kappa shape index (κ1) is 8.52. The van der Waals surface area contributed by atoms with E-state index in [1.54, 1.807) is 0 Å². The van der Waals surface area contributed by atoms with Crippen molar-refractivity contribution < 1.29 is 4.48 Å². The highest BCUT2D eigenvalue weighted by molar-refractivity contribution is 4.80. The molecule has 0 spiro atoms. The minimum absolute atomic E-state index is 0.970. The highest BCUT2D eigenvalue weighted by Gasteiger charge is 2.38. The van der Waals surface area contributed by atoms with Gasteiger partial charge in [-0.1, -0.05) is 0 Å². The Hall–Kier alpha value is -0.0800. The van der Waals surface area contributed by atoms with E-state index in [0.717, 1.165) is 11.8 Å². The molecule has 0 saturated carbocycles. The minimum Gasteiger partial charge on any atom is -0.328 e. The second-order valence-corrected chi connectivity index (χ2v) is 5.49. The van der Waals surface area contributed by atoms with E-state index in [1.807, 2.05) is 0 Å². The zero-order chi connectivity index (χ0) is 8.77. The molecule has 2 aliphatic heterocycles. The van der Waals surface area contributed by atoms with E-state index >= 15 is 0 Å². The molecule has 2 fully saturated rings. The standard InChI is InChI=1S/C10H21N2/c1-11-5-9-4-10(6-11)8-12(2,3)7-9/h9-10H,4-8H2,1-3H3/q+1. The molecule has 0 aliphatic carbocycles. The van der Waals surface area contributed by atoms with Crippen LogP contribution in [0.25, 0.3) is 0 Å². The molecular weight excluding hydrogens is 148 g/mol. The third kappa shape index (κ3) is 1.64. The molecule has 2 aliphatic rings. The molecule has 2 heterocycles. The van der Waals surface area contributed by atoms with Crippen molar-refractivity contribution in [2.24, 2.45) is 11.8 Å². The van der Waals surface area contributed by atoms with Crippen molar-refractivity contribution in [1.29, 1.82) is 0 Å². The fraction of sp³-hybridized carbons (Fsp3) is 1.00. The second kappa shape index (κ2) is 2.71. The lowest BCUT2D eigenvalue weighted by Gasteiger charge is -2.47. The monoisotopic (exact) mass is 169 g/mol. The Morgan fingerprint density at radius 2 is 1.58 bits per heavy atom. The first-order chi connectivity index (χ1) is 5.55. The van der Waals surface area contributed by atoms with Crippen molar-refractivity contribution >= 4 is 0 Å². The van der Waals surface area contributed by atoms with Gasteiger partial charge in [0, 0.05) is 24.9 Å². The van der Waals surface area contributed by atoms with Gasteiger partial charge in [0.15, 0.2) is 0 Å². The van der Waals surface area contributed by atoms with Crippen molar-refractivity contribution in [3.8, 4) is 0 Å². The van der Waals surface area contributed by atoms with Crippen LogP contribution in [0.5, 0.6) is 0 Å². The maximum Gasteiger partial charge on any atom is 0.0823 e. The van der Waals surface area contributed by atoms with E-state index in [4.69, 9.17) is 0 Å². The highest BCUT2D eigenvalue weighted by atomic mass is 15.3. The molecule has 2 saturated heterocycles. The molecule has 2 rings (SSSR count). The molecule has 2 unspecified atom stereocenters. The Balaban J connectivity index is 2.06. The third-order valence-corrected chi connectivity index (χ3v) is 3.31. The fourth-order valence-electron chi connectivity index (χ4n) is 3.31. The average Bonchev–Trinajstić information content (AvgIpc) is 1.78. The lowest BCUT2D eigenvalue weighted by molar-refractivity contribution is -0.903. The lowest BCUT2D eigenvalue weighted by Crippen LogP contribution is -2.58. The van der Waals surface area contributed by atoms with Gasteiger partial charge >= 0.3 is 0 Å². The predicted octanol–water partition coefficient (Wildman–Crippen LogP) is 0.644. The van der Waals surface area contributed by atoms with Crippen LogP contribution in [0.1, 0.15) is 6.42 Å². The first-order valence-corrected chi connectivity index (χ1v) is 5.06. The van der Waals surface area contributed by atoms with Gasteiger partial charge in [0.2, 0.25) is 0 Å². The van der Waals surface area contributed by atoms with Crippen LogP contribution in [0.4, 0.5) is 0 Å². The Morgan fingerprint density at radius 1 is 1.08 bits per heavy atom. The van der Waals surface area contributed by atoms with Gasteiger partial charge in [0.1, 0.15) is 0 Å². The summed E-state index contributed by atoms with van der Waals surface area (Å²) < 4.78 is 1.25. The van der Waals surface area contributed by atoms with Crippen molar-refractivity contribution in [3.05, 3.63) is 0 Å². The van der Waals surface area contributed by atoms with Crippen LogP contribution >= 0.6 is 0 Å². The van der Waals surface area contributed by atoms with Crippen molar-refractivity contribution in [2.45, 2.75) is 6.42 Å². The van der Waals surface area contributed by atoms with Gasteiger partial charge in [0.05, 0.1) is 27.2 Å². The van der Waals surface area contributed by atoms with Crippen molar-refractivity contribution in [2.75, 3.05) is 47.3 Å². The summed E-state index contributed by atoms with van der Waals surface area (Å²) in [4.78, 5) is 2.51. The number of quaternary nitrogens is 1. The van der Waals surface area contributed by atoms with Gasteiger partial charge in [-0.3, -0.25) is 0 Å². The predicted molar refractivity (Wildman–Crippen MR) is 50.9 cm³/mol. The molecule has 2 bridgehead atoms. The van der Waals surface area contributed by atoms with Gasteiger partial charge in [-0.05, 0) is 13.5 Å². The highest BCUT2D eigenvalue weighted by Crippen LogP contribution is 2.29. The molecule has 2 heteroatoms. The quantitative estimate of drug-likeness (QED) is 0.481. The first-order valence-electron chi connectivity index (χ1n) is 5.06. The number of nitrogens with zero attached hydrogens (tertiary/aromatic N) is 2. The third-order valence-electron chi connectivity index (χ3n) is 3.31. The van der Waals surface area contributed by atoms with E-state index in [-0.39, 0.29) is 0 Å². The van der Waals surface area contributed by atoms with Crippen LogP contribution < -0.4 is 0 Å². The van der Waals surface area contributed by atoms with E-state index in [0.29, 0.717) is 0 Å². The molecule has 0 radical (unpaired) electrons. The number of piperidine rings is 2. The Morgan fingerprint density at radius 3 is 2.08 bits per heavy atom. The molecule has 0 N–H and O–H groups in total. The number of likely N-dealkylation sites (tertiary alicyclic amines) is 2. The summed E-state index contributed by atoms with van der Waals surface area (Å²) in [6, 6.07) is 0. The summed E-state index contributed by atoms with van der Waals surface area (Å²) in [6.45, 7) is 5.44. The summed E-state index contributed by atoms with van der Waals surface area (Å²) in [7, 11) is 7.03. The van der Waals surface area contributed by atoms with Crippen LogP contribution in [-0.4, -0.2) is 56.7 Å². The maximum atomic E-state index is 2.51. The molecule has 12 heavy (non-hydrogen) atoms. The van der Waals surface area contributed by atoms with Crippen LogP contribution in [-0.2, 0) is 0 Å². The molecule has 0 aromatic heterocycles. The summed E-state index contributed by atoms with van der Waals surface area (Å²) in [5, 5.41) is 0. The smallest absolute Gasteiger partial charge is 0.0823 e. The number of fused-ring (bicyclic) bond motifs is 2. The normalized spacial score (nSPS) is 41.2. The Kier molecular flexibility index (Phi) is 1.92. The summed E-state index contributed by atoms with van der Waals surface area (Å²) >= 11 is 0. The fourth-order valence-corrected chi connectivity index (χ4v) is 3.31. The zero-order valence-corrected chi connectivity index (χ0v) is 8.58. The SMILES string of the molecule is CN1CC2CC(C1)C[N+](C)(C)C2. The molecule has 2 atom stereocenters.